The summed E-state index contributed by atoms with van der Waals surface area (Å²) in [6, 6.07) is 8.43. The number of ether oxygens (including phenoxy) is 1. The number of piperidine rings is 1. The number of rotatable bonds is 3. The van der Waals surface area contributed by atoms with E-state index in [2.05, 4.69) is 30.9 Å². The molecule has 3 fully saturated rings. The molecule has 0 N–H and O–H groups in total. The van der Waals surface area contributed by atoms with Crippen molar-refractivity contribution in [3.05, 3.63) is 24.3 Å². The summed E-state index contributed by atoms with van der Waals surface area (Å²) < 4.78 is 28.9. The molecule has 0 saturated carbocycles. The molecule has 160 valence electrons. The van der Waals surface area contributed by atoms with E-state index >= 15 is 0 Å². The molecular weight excluding hydrogens is 390 g/mol. The first kappa shape index (κ1) is 20.3. The van der Waals surface area contributed by atoms with Crippen LogP contribution >= 0.6 is 0 Å². The number of nitrogens with zero attached hydrogens (tertiary/aromatic N) is 3. The van der Waals surface area contributed by atoms with Crippen molar-refractivity contribution in [1.82, 2.24) is 9.80 Å². The molecule has 29 heavy (non-hydrogen) atoms. The minimum atomic E-state index is -2.99. The molecule has 1 aromatic carbocycles. The summed E-state index contributed by atoms with van der Waals surface area (Å²) in [6.45, 7) is 10.1. The maximum absolute atomic E-state index is 13.1. The Morgan fingerprint density at radius 1 is 1.07 bits per heavy atom. The van der Waals surface area contributed by atoms with Gasteiger partial charge in [-0.3, -0.25) is 0 Å². The third kappa shape index (κ3) is 3.79. The minimum Gasteiger partial charge on any atom is -0.494 e. The summed E-state index contributed by atoms with van der Waals surface area (Å²) in [4.78, 5) is 19.1. The van der Waals surface area contributed by atoms with Gasteiger partial charge in [0.2, 0.25) is 0 Å². The normalized spacial score (nSPS) is 27.8. The summed E-state index contributed by atoms with van der Waals surface area (Å²) in [5.41, 5.74) is 1.27. The average Bonchev–Trinajstić information content (AvgIpc) is 2.83. The number of hydrogen-bond acceptors (Lipinski definition) is 5. The van der Waals surface area contributed by atoms with Gasteiger partial charge in [-0.15, -0.1) is 0 Å². The molecule has 2 atom stereocenters. The minimum absolute atomic E-state index is 0.0149. The van der Waals surface area contributed by atoms with Crippen molar-refractivity contribution >= 4 is 21.6 Å². The van der Waals surface area contributed by atoms with Crippen LogP contribution in [-0.4, -0.2) is 81.1 Å². The van der Waals surface area contributed by atoms with Crippen LogP contribution in [0.5, 0.6) is 5.75 Å². The van der Waals surface area contributed by atoms with Crippen molar-refractivity contribution in [2.45, 2.75) is 26.8 Å². The van der Waals surface area contributed by atoms with E-state index in [0.29, 0.717) is 32.2 Å². The van der Waals surface area contributed by atoms with Crippen LogP contribution in [0, 0.1) is 11.3 Å². The van der Waals surface area contributed by atoms with E-state index in [-0.39, 0.29) is 29.0 Å². The first-order valence-electron chi connectivity index (χ1n) is 10.4. The van der Waals surface area contributed by atoms with Gasteiger partial charge in [0.15, 0.2) is 9.84 Å². The Kier molecular flexibility index (Phi) is 5.17. The summed E-state index contributed by atoms with van der Waals surface area (Å²) in [5.74, 6) is 1.40. The Bertz CT molecular complexity index is 854. The fraction of sp³-hybridized carbons (Fsp3) is 0.667. The lowest BCUT2D eigenvalue weighted by molar-refractivity contribution is 0.0840. The first-order valence-corrected chi connectivity index (χ1v) is 12.3. The molecule has 0 aromatic heterocycles. The molecule has 4 rings (SSSR count). The van der Waals surface area contributed by atoms with Crippen molar-refractivity contribution in [2.75, 3.05) is 55.7 Å². The fourth-order valence-electron chi connectivity index (χ4n) is 4.90. The summed E-state index contributed by atoms with van der Waals surface area (Å²) >= 11 is 0. The molecular formula is C21H31N3O4S. The standard InChI is InChI=1S/C21H31N3O4S/c1-4-28-18-7-5-17(6-8-18)24-14-16-13-23(15-19(24)21(16,2)3)20(25)22-9-11-29(26,27)12-10-22/h5-8,16,19H,4,9-15H2,1-3H3. The Hall–Kier alpha value is -1.96. The van der Waals surface area contributed by atoms with Gasteiger partial charge in [-0.1, -0.05) is 13.8 Å². The molecule has 3 aliphatic rings. The molecule has 8 heteroatoms. The molecule has 3 saturated heterocycles. The Balaban J connectivity index is 1.49. The maximum atomic E-state index is 13.1. The smallest absolute Gasteiger partial charge is 0.320 e. The van der Waals surface area contributed by atoms with Gasteiger partial charge in [0.25, 0.3) is 0 Å². The molecule has 1 aromatic rings. The highest BCUT2D eigenvalue weighted by Crippen LogP contribution is 2.47. The second kappa shape index (κ2) is 7.38. The van der Waals surface area contributed by atoms with Crippen LogP contribution in [0.1, 0.15) is 20.8 Å². The summed E-state index contributed by atoms with van der Waals surface area (Å²) in [7, 11) is -2.99. The lowest BCUT2D eigenvalue weighted by Gasteiger charge is -2.45. The lowest BCUT2D eigenvalue weighted by Crippen LogP contribution is -2.58. The van der Waals surface area contributed by atoms with Gasteiger partial charge >= 0.3 is 6.03 Å². The molecule has 3 aliphatic heterocycles. The number of urea groups is 1. The van der Waals surface area contributed by atoms with Gasteiger partial charge in [0, 0.05) is 44.3 Å². The Labute approximate surface area is 173 Å². The van der Waals surface area contributed by atoms with Crippen LogP contribution in [0.15, 0.2) is 24.3 Å². The van der Waals surface area contributed by atoms with Gasteiger partial charge in [-0.2, -0.15) is 0 Å². The molecule has 2 unspecified atom stereocenters. The third-order valence-corrected chi connectivity index (χ3v) is 8.51. The van der Waals surface area contributed by atoms with Gasteiger partial charge < -0.3 is 19.4 Å². The van der Waals surface area contributed by atoms with Crippen LogP contribution in [0.25, 0.3) is 0 Å². The quantitative estimate of drug-likeness (QED) is 0.747. The maximum Gasteiger partial charge on any atom is 0.320 e. The molecule has 7 nitrogen and oxygen atoms in total. The fourth-order valence-corrected chi connectivity index (χ4v) is 6.10. The highest BCUT2D eigenvalue weighted by Gasteiger charge is 2.53. The van der Waals surface area contributed by atoms with E-state index in [1.165, 1.54) is 0 Å². The molecule has 0 radical (unpaired) electrons. The van der Waals surface area contributed by atoms with Crippen molar-refractivity contribution in [3.63, 3.8) is 0 Å². The molecule has 0 spiro atoms. The molecule has 3 heterocycles. The third-order valence-electron chi connectivity index (χ3n) is 6.90. The van der Waals surface area contributed by atoms with Crippen molar-refractivity contribution in [2.24, 2.45) is 11.3 Å². The average molecular weight is 422 g/mol. The largest absolute Gasteiger partial charge is 0.494 e. The van der Waals surface area contributed by atoms with E-state index in [1.807, 2.05) is 24.0 Å². The highest BCUT2D eigenvalue weighted by atomic mass is 32.2. The predicted octanol–water partition coefficient (Wildman–Crippen LogP) is 2.08. The zero-order valence-electron chi connectivity index (χ0n) is 17.5. The van der Waals surface area contributed by atoms with Gasteiger partial charge in [0.1, 0.15) is 5.75 Å². The Morgan fingerprint density at radius 3 is 2.34 bits per heavy atom. The first-order chi connectivity index (χ1) is 13.7. The highest BCUT2D eigenvalue weighted by molar-refractivity contribution is 7.91. The van der Waals surface area contributed by atoms with Crippen LogP contribution < -0.4 is 9.64 Å². The van der Waals surface area contributed by atoms with Crippen LogP contribution in [0.3, 0.4) is 0 Å². The lowest BCUT2D eigenvalue weighted by atomic mass is 9.73. The molecule has 2 bridgehead atoms. The van der Waals surface area contributed by atoms with E-state index in [1.54, 1.807) is 4.90 Å². The van der Waals surface area contributed by atoms with Crippen molar-refractivity contribution in [3.8, 4) is 5.75 Å². The topological polar surface area (TPSA) is 70.2 Å². The van der Waals surface area contributed by atoms with Crippen LogP contribution in [0.2, 0.25) is 0 Å². The number of sulfone groups is 1. The zero-order chi connectivity index (χ0) is 20.8. The number of anilines is 1. The second-order valence-corrected chi connectivity index (χ2v) is 11.2. The number of carbonyl (C=O) groups excluding carboxylic acids is 1. The van der Waals surface area contributed by atoms with E-state index in [9.17, 15) is 13.2 Å². The molecule has 0 aliphatic carbocycles. The van der Waals surface area contributed by atoms with Crippen molar-refractivity contribution < 1.29 is 17.9 Å². The van der Waals surface area contributed by atoms with E-state index in [0.717, 1.165) is 24.5 Å². The Morgan fingerprint density at radius 2 is 1.72 bits per heavy atom. The van der Waals surface area contributed by atoms with Crippen LogP contribution in [-0.2, 0) is 9.84 Å². The van der Waals surface area contributed by atoms with Gasteiger partial charge in [0.05, 0.1) is 24.2 Å². The number of amides is 2. The summed E-state index contributed by atoms with van der Waals surface area (Å²) in [6.07, 6.45) is 0. The van der Waals surface area contributed by atoms with Crippen molar-refractivity contribution in [1.29, 1.82) is 0 Å². The number of hydrogen-bond donors (Lipinski definition) is 0. The SMILES string of the molecule is CCOc1ccc(N2CC3CN(C(=O)N4CCS(=O)(=O)CC4)CC2C3(C)C)cc1. The molecule has 2 amide bonds. The van der Waals surface area contributed by atoms with E-state index in [4.69, 9.17) is 4.74 Å². The predicted molar refractivity (Wildman–Crippen MR) is 113 cm³/mol. The summed E-state index contributed by atoms with van der Waals surface area (Å²) in [5, 5.41) is 0. The number of likely N-dealkylation sites (tertiary alicyclic amines) is 1. The zero-order valence-corrected chi connectivity index (χ0v) is 18.3. The number of carbonyl (C=O) groups is 1. The van der Waals surface area contributed by atoms with Crippen LogP contribution in [0.4, 0.5) is 10.5 Å². The number of benzene rings is 1. The second-order valence-electron chi connectivity index (χ2n) is 8.94. The number of fused-ring (bicyclic) bond motifs is 2. The van der Waals surface area contributed by atoms with E-state index < -0.39 is 9.84 Å². The monoisotopic (exact) mass is 421 g/mol. The van der Waals surface area contributed by atoms with Gasteiger partial charge in [-0.25, -0.2) is 13.2 Å². The van der Waals surface area contributed by atoms with Gasteiger partial charge in [-0.05, 0) is 36.6 Å².